The van der Waals surface area contributed by atoms with Crippen molar-refractivity contribution in [3.05, 3.63) is 94.0 Å². The van der Waals surface area contributed by atoms with Crippen LogP contribution in [0.1, 0.15) is 45.5 Å². The minimum absolute atomic E-state index is 0.131. The Labute approximate surface area is 271 Å². The van der Waals surface area contributed by atoms with Gasteiger partial charge in [0.15, 0.2) is 23.0 Å². The van der Waals surface area contributed by atoms with Crippen LogP contribution in [0.5, 0.6) is 34.5 Å². The number of aromatic hydroxyl groups is 2. The minimum atomic E-state index is 0.131. The highest BCUT2D eigenvalue weighted by Crippen LogP contribution is 2.43. The van der Waals surface area contributed by atoms with Crippen molar-refractivity contribution in [3.8, 4) is 45.6 Å². The first-order valence-corrected chi connectivity index (χ1v) is 15.8. The number of hydrogen-bond acceptors (Lipinski definition) is 8. The number of ether oxygens (including phenoxy) is 4. The molecule has 4 aromatic rings. The molecule has 2 heterocycles. The molecule has 0 aliphatic carbocycles. The summed E-state index contributed by atoms with van der Waals surface area (Å²) in [7, 11) is 10.9. The molecular formula is C38H44N2O6. The maximum Gasteiger partial charge on any atom is 0.160 e. The van der Waals surface area contributed by atoms with Gasteiger partial charge in [-0.2, -0.15) is 0 Å². The molecule has 0 bridgehead atoms. The van der Waals surface area contributed by atoms with Crippen molar-refractivity contribution < 1.29 is 29.2 Å². The summed E-state index contributed by atoms with van der Waals surface area (Å²) in [6.45, 7) is 1.82. The Morgan fingerprint density at radius 2 is 0.957 bits per heavy atom. The highest BCUT2D eigenvalue weighted by molar-refractivity contribution is 5.77. The van der Waals surface area contributed by atoms with Gasteiger partial charge < -0.3 is 29.2 Å². The minimum Gasteiger partial charge on any atom is -0.504 e. The summed E-state index contributed by atoms with van der Waals surface area (Å²) in [5.74, 6) is 2.92. The SMILES string of the molecule is COc1cc2c(cc1O)CCN(C)[C@@H]2Cc1ccc(OC)c(-c2cc(C[C@@H]3c4cc(OC)c(O)cc4CCN3C)ccc2OC)c1. The normalized spacial score (nSPS) is 18.0. The Hall–Kier alpha value is -4.40. The van der Waals surface area contributed by atoms with E-state index in [1.165, 1.54) is 22.3 Å². The Balaban J connectivity index is 1.36. The second-order valence-electron chi connectivity index (χ2n) is 12.4. The van der Waals surface area contributed by atoms with Crippen LogP contribution in [0.15, 0.2) is 60.7 Å². The van der Waals surface area contributed by atoms with Gasteiger partial charge in [0.2, 0.25) is 0 Å². The van der Waals surface area contributed by atoms with E-state index < -0.39 is 0 Å². The van der Waals surface area contributed by atoms with Gasteiger partial charge in [-0.25, -0.2) is 0 Å². The Morgan fingerprint density at radius 3 is 1.33 bits per heavy atom. The largest absolute Gasteiger partial charge is 0.504 e. The molecule has 0 spiro atoms. The van der Waals surface area contributed by atoms with E-state index in [9.17, 15) is 10.2 Å². The first kappa shape index (κ1) is 31.6. The van der Waals surface area contributed by atoms with E-state index >= 15 is 0 Å². The van der Waals surface area contributed by atoms with E-state index in [1.807, 2.05) is 36.4 Å². The fraction of sp³-hybridized carbons (Fsp3) is 0.368. The molecule has 0 saturated heterocycles. The van der Waals surface area contributed by atoms with E-state index in [0.717, 1.165) is 72.5 Å². The maximum atomic E-state index is 10.4. The van der Waals surface area contributed by atoms with Crippen molar-refractivity contribution in [1.29, 1.82) is 0 Å². The van der Waals surface area contributed by atoms with Gasteiger partial charge in [-0.3, -0.25) is 9.80 Å². The van der Waals surface area contributed by atoms with E-state index in [1.54, 1.807) is 28.4 Å². The third kappa shape index (κ3) is 5.95. The highest BCUT2D eigenvalue weighted by atomic mass is 16.5. The fourth-order valence-electron chi connectivity index (χ4n) is 7.18. The quantitative estimate of drug-likeness (QED) is 0.223. The molecule has 6 rings (SSSR count). The predicted octanol–water partition coefficient (Wildman–Crippen LogP) is 6.34. The number of phenolic OH excluding ortho intramolecular Hbond substituents is 2. The summed E-state index contributed by atoms with van der Waals surface area (Å²) >= 11 is 0. The molecule has 0 aromatic heterocycles. The van der Waals surface area contributed by atoms with Gasteiger partial charge in [0.25, 0.3) is 0 Å². The standard InChI is InChI=1S/C38H44N2O6/c1-39-13-11-25-19-33(41)37(45-5)21-27(25)31(39)17-23-7-9-35(43-3)29(15-23)30-16-24(8-10-36(30)44-4)18-32-28-22-38(46-6)34(42)20-26(28)12-14-40(32)2/h7-10,15-16,19-22,31-32,41-42H,11-14,17-18H2,1-6H3/t31-,32-/m1/s1. The van der Waals surface area contributed by atoms with Crippen LogP contribution in [0.3, 0.4) is 0 Å². The average molecular weight is 625 g/mol. The molecule has 2 aliphatic rings. The number of rotatable bonds is 9. The van der Waals surface area contributed by atoms with Crippen LogP contribution in [-0.2, 0) is 25.7 Å². The van der Waals surface area contributed by atoms with Crippen molar-refractivity contribution in [3.63, 3.8) is 0 Å². The van der Waals surface area contributed by atoms with Crippen LogP contribution in [0, 0.1) is 0 Å². The van der Waals surface area contributed by atoms with Crippen molar-refractivity contribution in [2.45, 2.75) is 37.8 Å². The van der Waals surface area contributed by atoms with Crippen LogP contribution < -0.4 is 18.9 Å². The molecule has 0 unspecified atom stereocenters. The summed E-state index contributed by atoms with van der Waals surface area (Å²) < 4.78 is 22.7. The zero-order chi connectivity index (χ0) is 32.5. The summed E-state index contributed by atoms with van der Waals surface area (Å²) in [5.41, 5.74) is 8.98. The first-order valence-electron chi connectivity index (χ1n) is 15.8. The smallest absolute Gasteiger partial charge is 0.160 e. The van der Waals surface area contributed by atoms with Crippen LogP contribution in [0.4, 0.5) is 0 Å². The number of phenols is 2. The Morgan fingerprint density at radius 1 is 0.565 bits per heavy atom. The second-order valence-corrected chi connectivity index (χ2v) is 12.4. The van der Waals surface area contributed by atoms with Gasteiger partial charge in [0, 0.05) is 36.3 Å². The van der Waals surface area contributed by atoms with Gasteiger partial charge in [-0.1, -0.05) is 12.1 Å². The van der Waals surface area contributed by atoms with Gasteiger partial charge in [0.1, 0.15) is 11.5 Å². The third-order valence-electron chi connectivity index (χ3n) is 9.81. The van der Waals surface area contributed by atoms with E-state index in [2.05, 4.69) is 48.2 Å². The molecule has 8 nitrogen and oxygen atoms in total. The summed E-state index contributed by atoms with van der Waals surface area (Å²) in [5, 5.41) is 20.8. The number of nitrogens with zero attached hydrogens (tertiary/aromatic N) is 2. The molecule has 0 fully saturated rings. The molecule has 2 atom stereocenters. The number of likely N-dealkylation sites (N-methyl/N-ethyl adjacent to an activating group) is 2. The first-order chi connectivity index (χ1) is 22.2. The molecule has 46 heavy (non-hydrogen) atoms. The Kier molecular flexibility index (Phi) is 9.02. The molecule has 8 heteroatoms. The second kappa shape index (κ2) is 13.1. The van der Waals surface area contributed by atoms with Crippen molar-refractivity contribution in [2.24, 2.45) is 0 Å². The van der Waals surface area contributed by atoms with E-state index in [4.69, 9.17) is 18.9 Å². The summed E-state index contributed by atoms with van der Waals surface area (Å²) in [6.07, 6.45) is 3.34. The van der Waals surface area contributed by atoms with Crippen LogP contribution >= 0.6 is 0 Å². The fourth-order valence-corrected chi connectivity index (χ4v) is 7.18. The summed E-state index contributed by atoms with van der Waals surface area (Å²) in [6, 6.07) is 20.7. The molecule has 0 amide bonds. The zero-order valence-corrected chi connectivity index (χ0v) is 27.6. The molecular weight excluding hydrogens is 580 g/mol. The highest BCUT2D eigenvalue weighted by Gasteiger charge is 2.29. The van der Waals surface area contributed by atoms with Gasteiger partial charge in [0.05, 0.1) is 28.4 Å². The van der Waals surface area contributed by atoms with Crippen LogP contribution in [0.2, 0.25) is 0 Å². The molecule has 2 N–H and O–H groups in total. The van der Waals surface area contributed by atoms with Gasteiger partial charge >= 0.3 is 0 Å². The lowest BCUT2D eigenvalue weighted by atomic mass is 9.87. The molecule has 0 saturated carbocycles. The third-order valence-corrected chi connectivity index (χ3v) is 9.81. The monoisotopic (exact) mass is 624 g/mol. The molecule has 0 radical (unpaired) electrons. The average Bonchev–Trinajstić information content (AvgIpc) is 3.06. The van der Waals surface area contributed by atoms with Crippen molar-refractivity contribution in [1.82, 2.24) is 9.80 Å². The molecule has 242 valence electrons. The van der Waals surface area contributed by atoms with Crippen LogP contribution in [0.25, 0.3) is 11.1 Å². The molecule has 4 aromatic carbocycles. The van der Waals surface area contributed by atoms with Crippen LogP contribution in [-0.4, -0.2) is 75.6 Å². The summed E-state index contributed by atoms with van der Waals surface area (Å²) in [4.78, 5) is 4.74. The number of hydrogen-bond donors (Lipinski definition) is 2. The number of fused-ring (bicyclic) bond motifs is 2. The van der Waals surface area contributed by atoms with Gasteiger partial charge in [-0.05, 0) is 122 Å². The van der Waals surface area contributed by atoms with Crippen molar-refractivity contribution in [2.75, 3.05) is 55.6 Å². The number of benzene rings is 4. The number of methoxy groups -OCH3 is 4. The Bertz CT molecular complexity index is 1610. The molecule has 2 aliphatic heterocycles. The van der Waals surface area contributed by atoms with Crippen molar-refractivity contribution >= 4 is 0 Å². The predicted molar refractivity (Wildman–Crippen MR) is 180 cm³/mol. The van der Waals surface area contributed by atoms with E-state index in [-0.39, 0.29) is 23.6 Å². The lowest BCUT2D eigenvalue weighted by Gasteiger charge is -2.35. The lowest BCUT2D eigenvalue weighted by molar-refractivity contribution is 0.228. The maximum absolute atomic E-state index is 10.4. The zero-order valence-electron chi connectivity index (χ0n) is 27.6. The topological polar surface area (TPSA) is 83.9 Å². The van der Waals surface area contributed by atoms with Gasteiger partial charge in [-0.15, -0.1) is 0 Å². The van der Waals surface area contributed by atoms with E-state index in [0.29, 0.717) is 11.5 Å². The lowest BCUT2D eigenvalue weighted by Crippen LogP contribution is -2.33.